The van der Waals surface area contributed by atoms with Crippen molar-refractivity contribution < 1.29 is 22.8 Å². The van der Waals surface area contributed by atoms with Crippen molar-refractivity contribution in [3.05, 3.63) is 0 Å². The third kappa shape index (κ3) is 6.23. The second kappa shape index (κ2) is 7.47. The number of hydrogen-bond acceptors (Lipinski definition) is 3. The van der Waals surface area contributed by atoms with Crippen molar-refractivity contribution in [3.63, 3.8) is 0 Å². The first-order chi connectivity index (χ1) is 9.31. The molecule has 0 aromatic carbocycles. The number of alkyl halides is 3. The highest BCUT2D eigenvalue weighted by atomic mass is 19.4. The van der Waals surface area contributed by atoms with Crippen LogP contribution in [0.1, 0.15) is 19.8 Å². The van der Waals surface area contributed by atoms with Crippen LogP contribution in [0.15, 0.2) is 0 Å². The van der Waals surface area contributed by atoms with Crippen LogP contribution in [0.5, 0.6) is 0 Å². The minimum atomic E-state index is -4.46. The summed E-state index contributed by atoms with van der Waals surface area (Å²) in [5, 5.41) is 2.73. The van der Waals surface area contributed by atoms with Crippen LogP contribution < -0.4 is 5.32 Å². The van der Waals surface area contributed by atoms with E-state index in [0.29, 0.717) is 19.6 Å². The summed E-state index contributed by atoms with van der Waals surface area (Å²) in [6, 6.07) is 0. The lowest BCUT2D eigenvalue weighted by atomic mass is 10.2. The summed E-state index contributed by atoms with van der Waals surface area (Å²) in [5.74, 6) is -0.991. The van der Waals surface area contributed by atoms with E-state index >= 15 is 0 Å². The molecule has 1 saturated heterocycles. The second-order valence-electron chi connectivity index (χ2n) is 4.80. The Morgan fingerprint density at radius 3 is 2.25 bits per heavy atom. The molecule has 0 aliphatic carbocycles. The zero-order chi connectivity index (χ0) is 15.2. The number of halogens is 3. The third-order valence-electron chi connectivity index (χ3n) is 3.02. The lowest BCUT2D eigenvalue weighted by molar-refractivity contribution is -0.162. The first-order valence-electron chi connectivity index (χ1n) is 6.65. The molecule has 0 aromatic rings. The summed E-state index contributed by atoms with van der Waals surface area (Å²) in [7, 11) is 0. The highest BCUT2D eigenvalue weighted by Crippen LogP contribution is 2.21. The molecule has 1 fully saturated rings. The SMILES string of the molecule is CCCNC(=O)CN1CCN(C(=O)CC(F)(F)F)CC1. The number of hydrogen-bond donors (Lipinski definition) is 1. The van der Waals surface area contributed by atoms with Crippen molar-refractivity contribution in [2.45, 2.75) is 25.9 Å². The summed E-state index contributed by atoms with van der Waals surface area (Å²) in [4.78, 5) is 25.9. The fourth-order valence-electron chi connectivity index (χ4n) is 1.96. The second-order valence-corrected chi connectivity index (χ2v) is 4.80. The molecule has 0 radical (unpaired) electrons. The summed E-state index contributed by atoms with van der Waals surface area (Å²) < 4.78 is 36.4. The molecule has 2 amide bonds. The van der Waals surface area contributed by atoms with Crippen LogP contribution in [-0.2, 0) is 9.59 Å². The average molecular weight is 295 g/mol. The summed E-state index contributed by atoms with van der Waals surface area (Å²) in [5.41, 5.74) is 0. The van der Waals surface area contributed by atoms with Gasteiger partial charge in [0.2, 0.25) is 11.8 Å². The molecule has 5 nitrogen and oxygen atoms in total. The maximum absolute atomic E-state index is 12.1. The van der Waals surface area contributed by atoms with Crippen molar-refractivity contribution in [2.75, 3.05) is 39.3 Å². The highest BCUT2D eigenvalue weighted by Gasteiger charge is 2.34. The molecular formula is C12H20F3N3O2. The molecular weight excluding hydrogens is 275 g/mol. The van der Waals surface area contributed by atoms with Gasteiger partial charge in [0.15, 0.2) is 0 Å². The van der Waals surface area contributed by atoms with E-state index in [0.717, 1.165) is 6.42 Å². The maximum atomic E-state index is 12.1. The Morgan fingerprint density at radius 1 is 1.15 bits per heavy atom. The van der Waals surface area contributed by atoms with E-state index in [-0.39, 0.29) is 25.5 Å². The van der Waals surface area contributed by atoms with Gasteiger partial charge in [0.05, 0.1) is 6.54 Å². The van der Waals surface area contributed by atoms with Crippen LogP contribution in [0, 0.1) is 0 Å². The van der Waals surface area contributed by atoms with Crippen molar-refractivity contribution in [2.24, 2.45) is 0 Å². The molecule has 8 heteroatoms. The van der Waals surface area contributed by atoms with E-state index < -0.39 is 18.5 Å². The average Bonchev–Trinajstić information content (AvgIpc) is 2.35. The van der Waals surface area contributed by atoms with Gasteiger partial charge in [-0.25, -0.2) is 0 Å². The first-order valence-corrected chi connectivity index (χ1v) is 6.65. The van der Waals surface area contributed by atoms with Gasteiger partial charge in [0.25, 0.3) is 0 Å². The third-order valence-corrected chi connectivity index (χ3v) is 3.02. The van der Waals surface area contributed by atoms with Gasteiger partial charge in [-0.3, -0.25) is 14.5 Å². The Morgan fingerprint density at radius 2 is 1.75 bits per heavy atom. The van der Waals surface area contributed by atoms with Crippen molar-refractivity contribution in [3.8, 4) is 0 Å². The zero-order valence-corrected chi connectivity index (χ0v) is 11.5. The predicted octanol–water partition coefficient (Wildman–Crippen LogP) is 0.609. The van der Waals surface area contributed by atoms with Gasteiger partial charge in [-0.15, -0.1) is 0 Å². The molecule has 116 valence electrons. The Hall–Kier alpha value is -1.31. The molecule has 20 heavy (non-hydrogen) atoms. The number of carbonyl (C=O) groups excluding carboxylic acids is 2. The van der Waals surface area contributed by atoms with Gasteiger partial charge in [0, 0.05) is 32.7 Å². The van der Waals surface area contributed by atoms with Crippen LogP contribution in [0.25, 0.3) is 0 Å². The van der Waals surface area contributed by atoms with Crippen molar-refractivity contribution >= 4 is 11.8 Å². The number of rotatable bonds is 5. The largest absolute Gasteiger partial charge is 0.397 e. The molecule has 1 rings (SSSR count). The molecule has 1 aliphatic heterocycles. The highest BCUT2D eigenvalue weighted by molar-refractivity contribution is 5.78. The number of piperazine rings is 1. The van der Waals surface area contributed by atoms with E-state index in [1.165, 1.54) is 4.90 Å². The van der Waals surface area contributed by atoms with Crippen molar-refractivity contribution in [1.29, 1.82) is 0 Å². The van der Waals surface area contributed by atoms with Crippen LogP contribution in [0.3, 0.4) is 0 Å². The van der Waals surface area contributed by atoms with Gasteiger partial charge < -0.3 is 10.2 Å². The minimum Gasteiger partial charge on any atom is -0.355 e. The molecule has 0 bridgehead atoms. The molecule has 0 atom stereocenters. The first kappa shape index (κ1) is 16.7. The molecule has 1 heterocycles. The number of nitrogens with one attached hydrogen (secondary N) is 1. The monoisotopic (exact) mass is 295 g/mol. The number of amides is 2. The predicted molar refractivity (Wildman–Crippen MR) is 67.0 cm³/mol. The van der Waals surface area contributed by atoms with E-state index in [9.17, 15) is 22.8 Å². The van der Waals surface area contributed by atoms with Crippen LogP contribution >= 0.6 is 0 Å². The fraction of sp³-hybridized carbons (Fsp3) is 0.833. The van der Waals surface area contributed by atoms with Gasteiger partial charge in [0.1, 0.15) is 6.42 Å². The smallest absolute Gasteiger partial charge is 0.355 e. The maximum Gasteiger partial charge on any atom is 0.397 e. The van der Waals surface area contributed by atoms with E-state index in [2.05, 4.69) is 5.32 Å². The molecule has 1 aliphatic rings. The normalized spacial score (nSPS) is 17.1. The van der Waals surface area contributed by atoms with E-state index in [4.69, 9.17) is 0 Å². The molecule has 0 unspecified atom stereocenters. The minimum absolute atomic E-state index is 0.0954. The molecule has 0 aromatic heterocycles. The summed E-state index contributed by atoms with van der Waals surface area (Å²) in [6.07, 6.45) is -5.02. The quantitative estimate of drug-likeness (QED) is 0.808. The van der Waals surface area contributed by atoms with E-state index in [1.807, 2.05) is 11.8 Å². The van der Waals surface area contributed by atoms with Crippen LogP contribution in [-0.4, -0.2) is 67.1 Å². The molecule has 0 saturated carbocycles. The van der Waals surface area contributed by atoms with Crippen LogP contribution in [0.2, 0.25) is 0 Å². The Balaban J connectivity index is 2.29. The fourth-order valence-corrected chi connectivity index (χ4v) is 1.96. The van der Waals surface area contributed by atoms with Crippen molar-refractivity contribution in [1.82, 2.24) is 15.1 Å². The van der Waals surface area contributed by atoms with E-state index in [1.54, 1.807) is 0 Å². The number of nitrogens with zero attached hydrogens (tertiary/aromatic N) is 2. The lowest BCUT2D eigenvalue weighted by Crippen LogP contribution is -2.51. The Bertz CT molecular complexity index is 339. The van der Waals surface area contributed by atoms with Gasteiger partial charge in [-0.05, 0) is 6.42 Å². The lowest BCUT2D eigenvalue weighted by Gasteiger charge is -2.34. The zero-order valence-electron chi connectivity index (χ0n) is 11.5. The molecule has 0 spiro atoms. The summed E-state index contributed by atoms with van der Waals surface area (Å²) in [6.45, 7) is 4.09. The summed E-state index contributed by atoms with van der Waals surface area (Å²) >= 11 is 0. The van der Waals surface area contributed by atoms with Gasteiger partial charge in [-0.2, -0.15) is 13.2 Å². The van der Waals surface area contributed by atoms with Crippen LogP contribution in [0.4, 0.5) is 13.2 Å². The standard InChI is InChI=1S/C12H20F3N3O2/c1-2-3-16-10(19)9-17-4-6-18(7-5-17)11(20)8-12(13,14)15/h2-9H2,1H3,(H,16,19). The number of carbonyl (C=O) groups is 2. The Labute approximate surface area is 116 Å². The molecule has 1 N–H and O–H groups in total. The Kier molecular flexibility index (Phi) is 6.25. The van der Waals surface area contributed by atoms with Gasteiger partial charge >= 0.3 is 6.18 Å². The topological polar surface area (TPSA) is 52.7 Å². The van der Waals surface area contributed by atoms with Gasteiger partial charge in [-0.1, -0.05) is 6.92 Å².